The van der Waals surface area contributed by atoms with E-state index in [0.29, 0.717) is 58.2 Å². The summed E-state index contributed by atoms with van der Waals surface area (Å²) < 4.78 is 38.2. The molecule has 1 fully saturated rings. The Morgan fingerprint density at radius 3 is 2.55 bits per heavy atom. The highest BCUT2D eigenvalue weighted by molar-refractivity contribution is 5.87. The number of hydrogen-bond acceptors (Lipinski definition) is 12. The molecular formula is C40H35NO12. The smallest absolute Gasteiger partial charge is 0.343 e. The molecule has 4 aromatic carbocycles. The molecule has 13 heteroatoms. The number of aliphatic hydroxyl groups excluding tert-OH is 3. The number of anilines is 1. The maximum absolute atomic E-state index is 12.6. The van der Waals surface area contributed by atoms with Gasteiger partial charge >= 0.3 is 5.97 Å². The molecule has 6 heterocycles. The summed E-state index contributed by atoms with van der Waals surface area (Å²) >= 11 is 0. The predicted octanol–water partition coefficient (Wildman–Crippen LogP) is 3.58. The third-order valence-electron chi connectivity index (χ3n) is 11.6. The number of benzene rings is 4. The highest BCUT2D eigenvalue weighted by atomic mass is 16.7. The minimum Gasteiger partial charge on any atom is -0.508 e. The summed E-state index contributed by atoms with van der Waals surface area (Å²) in [4.78, 5) is 12.6. The molecule has 1 saturated heterocycles. The average molecular weight is 722 g/mol. The molecule has 13 nitrogen and oxygen atoms in total. The molecule has 0 saturated carbocycles. The van der Waals surface area contributed by atoms with Gasteiger partial charge in [-0.05, 0) is 64.6 Å². The Labute approximate surface area is 302 Å². The first-order valence-corrected chi connectivity index (χ1v) is 17.4. The third-order valence-corrected chi connectivity index (χ3v) is 11.6. The van der Waals surface area contributed by atoms with E-state index in [1.165, 1.54) is 6.08 Å². The molecule has 6 N–H and O–H groups in total. The normalized spacial score (nSPS) is 32.0. The summed E-state index contributed by atoms with van der Waals surface area (Å²) in [5.41, 5.74) is 3.79. The Bertz CT molecular complexity index is 2270. The minimum atomic E-state index is -2.40. The van der Waals surface area contributed by atoms with Gasteiger partial charge in [0.1, 0.15) is 41.9 Å². The van der Waals surface area contributed by atoms with E-state index in [1.807, 2.05) is 24.3 Å². The topological polar surface area (TPSA) is 186 Å². The first-order chi connectivity index (χ1) is 25.6. The standard InChI is InChI=1S/C40H35NO12/c1-48-24-9-8-21-28-25-14-18-5-3-4-17(12-18)13-19-6-7-20(42)15-22(19)23-16-26-30(35(50-25)29(23)34(28)51-32(21)33(24)49-2)41-27-10-11-39(38(46)47)36(44)31(43)37(45)40(27,52-26)53-39/h3-12,15-16,25,27-28,31,34,36-37,41-45H,13-14H2,1-2H3,(H,46,47). The molecule has 1 aliphatic carbocycles. The lowest BCUT2D eigenvalue weighted by Crippen LogP contribution is -2.79. The molecule has 0 radical (unpaired) electrons. The van der Waals surface area contributed by atoms with Crippen LogP contribution < -0.4 is 29.0 Å². The second-order valence-electron chi connectivity index (χ2n) is 14.4. The van der Waals surface area contributed by atoms with Gasteiger partial charge in [-0.3, -0.25) is 0 Å². The first-order valence-electron chi connectivity index (χ1n) is 17.4. The van der Waals surface area contributed by atoms with Crippen molar-refractivity contribution in [3.8, 4) is 45.6 Å². The van der Waals surface area contributed by atoms with E-state index < -0.39 is 53.9 Å². The molecule has 7 aliphatic rings. The predicted molar refractivity (Wildman–Crippen MR) is 186 cm³/mol. The summed E-state index contributed by atoms with van der Waals surface area (Å²) in [6, 6.07) is 18.0. The van der Waals surface area contributed by atoms with Crippen LogP contribution in [-0.2, 0) is 22.4 Å². The quantitative estimate of drug-likeness (QED) is 0.169. The zero-order chi connectivity index (χ0) is 36.6. The molecule has 9 atom stereocenters. The summed E-state index contributed by atoms with van der Waals surface area (Å²) in [5.74, 6) is -2.01. The maximum atomic E-state index is 12.6. The third kappa shape index (κ3) is 4.24. The van der Waals surface area contributed by atoms with Gasteiger partial charge in [-0.1, -0.05) is 42.5 Å². The lowest BCUT2D eigenvalue weighted by atomic mass is 9.75. The molecule has 0 amide bonds. The van der Waals surface area contributed by atoms with Gasteiger partial charge in [-0.15, -0.1) is 0 Å². The van der Waals surface area contributed by atoms with Crippen LogP contribution >= 0.6 is 0 Å². The van der Waals surface area contributed by atoms with Gasteiger partial charge in [-0.2, -0.15) is 0 Å². The number of ether oxygens (including phenoxy) is 6. The van der Waals surface area contributed by atoms with Crippen molar-refractivity contribution in [3.05, 3.63) is 101 Å². The number of hydrogen-bond donors (Lipinski definition) is 6. The number of aromatic hydroxyl groups is 1. The zero-order valence-corrected chi connectivity index (χ0v) is 28.5. The van der Waals surface area contributed by atoms with Crippen LogP contribution in [0.4, 0.5) is 5.69 Å². The van der Waals surface area contributed by atoms with Gasteiger partial charge in [0.15, 0.2) is 29.1 Å². The van der Waals surface area contributed by atoms with Crippen LogP contribution in [0.1, 0.15) is 39.8 Å². The average Bonchev–Trinajstić information content (AvgIpc) is 3.55. The van der Waals surface area contributed by atoms with E-state index in [2.05, 4.69) is 23.5 Å². The zero-order valence-electron chi connectivity index (χ0n) is 28.5. The van der Waals surface area contributed by atoms with E-state index >= 15 is 0 Å². The minimum absolute atomic E-state index is 0.0220. The molecule has 6 aliphatic heterocycles. The highest BCUT2D eigenvalue weighted by Gasteiger charge is 2.70. The van der Waals surface area contributed by atoms with Gasteiger partial charge in [0.25, 0.3) is 5.79 Å². The number of carbonyl (C=O) groups is 1. The fourth-order valence-electron chi connectivity index (χ4n) is 9.14. The fourth-order valence-corrected chi connectivity index (χ4v) is 9.14. The monoisotopic (exact) mass is 721 g/mol. The van der Waals surface area contributed by atoms with Crippen molar-refractivity contribution >= 4 is 11.7 Å². The Morgan fingerprint density at radius 2 is 1.75 bits per heavy atom. The van der Waals surface area contributed by atoms with E-state index in [0.717, 1.165) is 28.3 Å². The lowest BCUT2D eigenvalue weighted by Gasteiger charge is -2.57. The summed E-state index contributed by atoms with van der Waals surface area (Å²) in [6.07, 6.45) is -3.23. The summed E-state index contributed by atoms with van der Waals surface area (Å²) in [5, 5.41) is 57.9. The number of carboxylic acid groups (broad SMARTS) is 1. The van der Waals surface area contributed by atoms with Crippen LogP contribution in [0.2, 0.25) is 0 Å². The van der Waals surface area contributed by atoms with Crippen LogP contribution in [0, 0.1) is 0 Å². The van der Waals surface area contributed by atoms with E-state index in [1.54, 1.807) is 32.4 Å². The van der Waals surface area contributed by atoms with E-state index in [4.69, 9.17) is 28.4 Å². The molecule has 9 unspecified atom stereocenters. The van der Waals surface area contributed by atoms with Crippen LogP contribution in [-0.4, -0.2) is 87.6 Å². The van der Waals surface area contributed by atoms with Crippen LogP contribution in [0.15, 0.2) is 72.8 Å². The summed E-state index contributed by atoms with van der Waals surface area (Å²) in [6.45, 7) is 0. The number of methoxy groups -OCH3 is 2. The van der Waals surface area contributed by atoms with Crippen molar-refractivity contribution in [3.63, 3.8) is 0 Å². The number of phenols is 1. The van der Waals surface area contributed by atoms with Crippen molar-refractivity contribution in [2.24, 2.45) is 0 Å². The number of rotatable bonds is 3. The number of carboxylic acids is 1. The molecular weight excluding hydrogens is 686 g/mol. The van der Waals surface area contributed by atoms with Crippen LogP contribution in [0.3, 0.4) is 0 Å². The van der Waals surface area contributed by atoms with Gasteiger partial charge in [-0.25, -0.2) is 4.79 Å². The lowest BCUT2D eigenvalue weighted by molar-refractivity contribution is -0.356. The Balaban J connectivity index is 1.25. The first kappa shape index (κ1) is 32.2. The Morgan fingerprint density at radius 1 is 0.925 bits per heavy atom. The molecule has 0 aromatic heterocycles. The second-order valence-corrected chi connectivity index (χ2v) is 14.4. The number of aliphatic carboxylic acids is 1. The molecule has 1 spiro atoms. The molecule has 8 bridgehead atoms. The van der Waals surface area contributed by atoms with Gasteiger partial charge < -0.3 is 59.3 Å². The molecule has 272 valence electrons. The van der Waals surface area contributed by atoms with Crippen molar-refractivity contribution in [2.75, 3.05) is 19.5 Å². The van der Waals surface area contributed by atoms with E-state index in [-0.39, 0.29) is 17.4 Å². The maximum Gasteiger partial charge on any atom is 0.343 e. The van der Waals surface area contributed by atoms with Gasteiger partial charge in [0.05, 0.1) is 20.1 Å². The number of fused-ring (bicyclic) bond motifs is 3. The number of phenolic OH excluding ortho intramolecular Hbond substituents is 1. The molecule has 4 aromatic rings. The van der Waals surface area contributed by atoms with Crippen molar-refractivity contribution in [2.45, 2.75) is 66.7 Å². The Hall–Kier alpha value is -5.47. The van der Waals surface area contributed by atoms with Crippen LogP contribution in [0.5, 0.6) is 34.5 Å². The van der Waals surface area contributed by atoms with Crippen molar-refractivity contribution in [1.29, 1.82) is 0 Å². The van der Waals surface area contributed by atoms with Crippen molar-refractivity contribution in [1.82, 2.24) is 0 Å². The van der Waals surface area contributed by atoms with E-state index in [9.17, 15) is 30.3 Å². The second kappa shape index (κ2) is 11.0. The van der Waals surface area contributed by atoms with Crippen LogP contribution in [0.25, 0.3) is 11.1 Å². The largest absolute Gasteiger partial charge is 0.508 e. The number of nitrogens with one attached hydrogen (secondary N) is 1. The van der Waals surface area contributed by atoms with Crippen molar-refractivity contribution < 1.29 is 58.7 Å². The van der Waals surface area contributed by atoms with Gasteiger partial charge in [0, 0.05) is 17.5 Å². The van der Waals surface area contributed by atoms with Gasteiger partial charge in [0.2, 0.25) is 11.4 Å². The molecule has 53 heavy (non-hydrogen) atoms. The molecule has 11 rings (SSSR count). The summed E-state index contributed by atoms with van der Waals surface area (Å²) in [7, 11) is 3.13. The fraction of sp³-hybridized carbons (Fsp3) is 0.325. The highest BCUT2D eigenvalue weighted by Crippen LogP contribution is 2.64. The SMILES string of the molecule is COc1ccc2c(c1OC)OC1c3c4cc5c(c3OC(Cc3cccc(c3)Cc3ccc(O)cc3-4)C21)NC1C=CC2(C(=O)O)OC1(O5)C(O)C(O)C2O. The Kier molecular flexibility index (Phi) is 6.70. The number of aliphatic hydroxyl groups is 3.